The van der Waals surface area contributed by atoms with Crippen LogP contribution in [-0.2, 0) is 22.6 Å². The number of hydrogen-bond donors (Lipinski definition) is 1. The molecule has 1 aliphatic heterocycles. The van der Waals surface area contributed by atoms with Gasteiger partial charge in [0.2, 0.25) is 5.91 Å². The summed E-state index contributed by atoms with van der Waals surface area (Å²) >= 11 is 0. The molecule has 0 spiro atoms. The molecule has 1 atom stereocenters. The van der Waals surface area contributed by atoms with Crippen molar-refractivity contribution in [2.45, 2.75) is 52.8 Å². The number of ether oxygens (including phenoxy) is 1. The SMILES string of the molecule is Cc1cc(C)c(Cn2c3ccccc3c3cnn(CC(=O)NC[C@@H]4CCCO4)c(=O)c32)c(C)c1. The van der Waals surface area contributed by atoms with E-state index in [1.54, 1.807) is 6.20 Å². The number of aromatic nitrogens is 3. The van der Waals surface area contributed by atoms with Gasteiger partial charge in [-0.25, -0.2) is 4.68 Å². The van der Waals surface area contributed by atoms with Gasteiger partial charge in [0.25, 0.3) is 5.56 Å². The number of para-hydroxylation sites is 1. The number of nitrogens with one attached hydrogen (secondary N) is 1. The van der Waals surface area contributed by atoms with Crippen molar-refractivity contribution in [3.63, 3.8) is 0 Å². The van der Waals surface area contributed by atoms with E-state index in [1.807, 2.05) is 24.3 Å². The maximum Gasteiger partial charge on any atom is 0.291 e. The highest BCUT2D eigenvalue weighted by Crippen LogP contribution is 2.28. The summed E-state index contributed by atoms with van der Waals surface area (Å²) in [6.45, 7) is 7.98. The van der Waals surface area contributed by atoms with Crippen LogP contribution in [0.25, 0.3) is 21.8 Å². The lowest BCUT2D eigenvalue weighted by Crippen LogP contribution is -2.37. The van der Waals surface area contributed by atoms with Crippen LogP contribution in [0.1, 0.15) is 35.1 Å². The second kappa shape index (κ2) is 9.06. The van der Waals surface area contributed by atoms with Crippen molar-refractivity contribution < 1.29 is 9.53 Å². The molecule has 2 aromatic carbocycles. The number of benzene rings is 2. The first-order chi connectivity index (χ1) is 16.4. The summed E-state index contributed by atoms with van der Waals surface area (Å²) in [5.74, 6) is -0.239. The van der Waals surface area contributed by atoms with Gasteiger partial charge in [0.05, 0.1) is 12.3 Å². The van der Waals surface area contributed by atoms with Crippen LogP contribution in [0.2, 0.25) is 0 Å². The van der Waals surface area contributed by atoms with Gasteiger partial charge in [-0.2, -0.15) is 5.10 Å². The highest BCUT2D eigenvalue weighted by molar-refractivity contribution is 6.07. The second-order valence-electron chi connectivity index (χ2n) is 9.29. The molecule has 5 rings (SSSR count). The van der Waals surface area contributed by atoms with Crippen molar-refractivity contribution in [2.75, 3.05) is 13.2 Å². The molecule has 0 aliphatic carbocycles. The molecule has 3 heterocycles. The van der Waals surface area contributed by atoms with Gasteiger partial charge in [-0.15, -0.1) is 0 Å². The van der Waals surface area contributed by atoms with Crippen molar-refractivity contribution in [2.24, 2.45) is 0 Å². The number of aryl methyl sites for hydroxylation is 3. The van der Waals surface area contributed by atoms with Crippen LogP contribution in [0.5, 0.6) is 0 Å². The van der Waals surface area contributed by atoms with E-state index in [1.165, 1.54) is 26.9 Å². The monoisotopic (exact) mass is 458 g/mol. The molecule has 0 radical (unpaired) electrons. The molecule has 0 bridgehead atoms. The minimum Gasteiger partial charge on any atom is -0.376 e. The molecule has 1 aliphatic rings. The highest BCUT2D eigenvalue weighted by Gasteiger charge is 2.20. The third-order valence-corrected chi connectivity index (χ3v) is 6.77. The van der Waals surface area contributed by atoms with Crippen LogP contribution in [0.4, 0.5) is 0 Å². The lowest BCUT2D eigenvalue weighted by molar-refractivity contribution is -0.122. The van der Waals surface area contributed by atoms with Gasteiger partial charge < -0.3 is 14.6 Å². The quantitative estimate of drug-likeness (QED) is 0.479. The average Bonchev–Trinajstić information content (AvgIpc) is 3.43. The molecule has 1 amide bonds. The van der Waals surface area contributed by atoms with E-state index >= 15 is 0 Å². The number of amides is 1. The van der Waals surface area contributed by atoms with E-state index in [2.05, 4.69) is 47.9 Å². The molecule has 176 valence electrons. The van der Waals surface area contributed by atoms with Crippen LogP contribution >= 0.6 is 0 Å². The van der Waals surface area contributed by atoms with Gasteiger partial charge in [0.15, 0.2) is 0 Å². The second-order valence-corrected chi connectivity index (χ2v) is 9.29. The Labute approximate surface area is 198 Å². The fraction of sp³-hybridized carbons (Fsp3) is 0.370. The predicted octanol–water partition coefficient (Wildman–Crippen LogP) is 3.62. The zero-order valence-corrected chi connectivity index (χ0v) is 19.9. The molecule has 0 saturated carbocycles. The summed E-state index contributed by atoms with van der Waals surface area (Å²) in [7, 11) is 0. The van der Waals surface area contributed by atoms with E-state index in [0.717, 1.165) is 35.7 Å². The summed E-state index contributed by atoms with van der Waals surface area (Å²) < 4.78 is 8.90. The number of rotatable bonds is 6. The van der Waals surface area contributed by atoms with E-state index in [-0.39, 0.29) is 24.1 Å². The van der Waals surface area contributed by atoms with Crippen molar-refractivity contribution in [3.8, 4) is 0 Å². The zero-order chi connectivity index (χ0) is 23.8. The minimum atomic E-state index is -0.261. The summed E-state index contributed by atoms with van der Waals surface area (Å²) in [5.41, 5.74) is 6.12. The van der Waals surface area contributed by atoms with Gasteiger partial charge >= 0.3 is 0 Å². The summed E-state index contributed by atoms with van der Waals surface area (Å²) in [5, 5.41) is 9.01. The predicted molar refractivity (Wildman–Crippen MR) is 133 cm³/mol. The Morgan fingerprint density at radius 2 is 1.91 bits per heavy atom. The number of hydrogen-bond acceptors (Lipinski definition) is 4. The first kappa shape index (κ1) is 22.3. The van der Waals surface area contributed by atoms with Gasteiger partial charge in [0.1, 0.15) is 12.1 Å². The van der Waals surface area contributed by atoms with Crippen molar-refractivity contribution >= 4 is 27.7 Å². The van der Waals surface area contributed by atoms with Crippen molar-refractivity contribution in [3.05, 3.63) is 75.2 Å². The Kier molecular flexibility index (Phi) is 5.96. The number of carbonyl (C=O) groups excluding carboxylic acids is 1. The molecular weight excluding hydrogens is 428 g/mol. The minimum absolute atomic E-state index is 0.0552. The van der Waals surface area contributed by atoms with Crippen LogP contribution in [0.15, 0.2) is 47.4 Å². The van der Waals surface area contributed by atoms with Crippen LogP contribution in [0.3, 0.4) is 0 Å². The molecule has 4 aromatic rings. The topological polar surface area (TPSA) is 78.2 Å². The Hall–Kier alpha value is -3.45. The Morgan fingerprint density at radius 1 is 1.15 bits per heavy atom. The normalized spacial score (nSPS) is 15.9. The highest BCUT2D eigenvalue weighted by atomic mass is 16.5. The van der Waals surface area contributed by atoms with E-state index in [4.69, 9.17) is 4.74 Å². The van der Waals surface area contributed by atoms with Gasteiger partial charge in [-0.3, -0.25) is 9.59 Å². The zero-order valence-electron chi connectivity index (χ0n) is 19.9. The lowest BCUT2D eigenvalue weighted by atomic mass is 10.00. The molecule has 1 saturated heterocycles. The third-order valence-electron chi connectivity index (χ3n) is 6.77. The summed E-state index contributed by atoms with van der Waals surface area (Å²) in [4.78, 5) is 26.2. The Balaban J connectivity index is 1.54. The average molecular weight is 459 g/mol. The van der Waals surface area contributed by atoms with Crippen LogP contribution in [-0.4, -0.2) is 39.5 Å². The maximum absolute atomic E-state index is 13.6. The van der Waals surface area contributed by atoms with Crippen molar-refractivity contribution in [1.29, 1.82) is 0 Å². The molecule has 34 heavy (non-hydrogen) atoms. The number of fused-ring (bicyclic) bond motifs is 3. The third kappa shape index (κ3) is 4.12. The molecule has 2 aromatic heterocycles. The molecule has 1 N–H and O–H groups in total. The molecule has 7 heteroatoms. The van der Waals surface area contributed by atoms with Gasteiger partial charge in [0, 0.05) is 36.0 Å². The molecular formula is C27H30N4O3. The first-order valence-electron chi connectivity index (χ1n) is 11.8. The van der Waals surface area contributed by atoms with E-state index in [0.29, 0.717) is 18.6 Å². The van der Waals surface area contributed by atoms with Crippen molar-refractivity contribution in [1.82, 2.24) is 19.7 Å². The maximum atomic E-state index is 13.6. The molecule has 1 fully saturated rings. The molecule has 7 nitrogen and oxygen atoms in total. The van der Waals surface area contributed by atoms with Crippen LogP contribution in [0, 0.1) is 20.8 Å². The van der Waals surface area contributed by atoms with E-state index < -0.39 is 0 Å². The van der Waals surface area contributed by atoms with Crippen LogP contribution < -0.4 is 10.9 Å². The fourth-order valence-corrected chi connectivity index (χ4v) is 5.11. The standard InChI is InChI=1S/C27H30N4O3/c1-17-11-18(2)23(19(3)12-17)15-30-24-9-5-4-8-21(24)22-14-29-31(27(33)26(22)30)16-25(32)28-13-20-7-6-10-34-20/h4-5,8-9,11-12,14,20H,6-7,10,13,15-16H2,1-3H3,(H,28,32)/t20-/m0/s1. The Bertz CT molecular complexity index is 1420. The van der Waals surface area contributed by atoms with E-state index in [9.17, 15) is 9.59 Å². The fourth-order valence-electron chi connectivity index (χ4n) is 5.11. The lowest BCUT2D eigenvalue weighted by Gasteiger charge is -2.14. The number of nitrogens with zero attached hydrogens (tertiary/aromatic N) is 3. The number of carbonyl (C=O) groups is 1. The summed E-state index contributed by atoms with van der Waals surface area (Å²) in [6.07, 6.45) is 3.72. The van der Waals surface area contributed by atoms with Gasteiger partial charge in [-0.05, 0) is 56.4 Å². The van der Waals surface area contributed by atoms with Gasteiger partial charge in [-0.1, -0.05) is 35.9 Å². The molecule has 0 unspecified atom stereocenters. The summed E-state index contributed by atoms with van der Waals surface area (Å²) in [6, 6.07) is 12.4. The Morgan fingerprint density at radius 3 is 2.65 bits per heavy atom. The largest absolute Gasteiger partial charge is 0.376 e. The first-order valence-corrected chi connectivity index (χ1v) is 11.8. The smallest absolute Gasteiger partial charge is 0.291 e.